The number of hydrogen-bond donors (Lipinski definition) is 1. The van der Waals surface area contributed by atoms with E-state index in [1.165, 1.54) is 0 Å². The van der Waals surface area contributed by atoms with Crippen molar-refractivity contribution in [3.8, 4) is 0 Å². The Balaban J connectivity index is 2.08. The van der Waals surface area contributed by atoms with Gasteiger partial charge in [0.25, 0.3) is 0 Å². The van der Waals surface area contributed by atoms with Gasteiger partial charge in [0.2, 0.25) is 0 Å². The first-order valence-electron chi connectivity index (χ1n) is 4.84. The van der Waals surface area contributed by atoms with Gasteiger partial charge >= 0.3 is 0 Å². The Labute approximate surface area is 87.7 Å². The van der Waals surface area contributed by atoms with E-state index in [-0.39, 0.29) is 0 Å². The lowest BCUT2D eigenvalue weighted by molar-refractivity contribution is 0.620. The maximum Gasteiger partial charge on any atom is 0.0946 e. The van der Waals surface area contributed by atoms with Crippen molar-refractivity contribution in [3.05, 3.63) is 30.1 Å². The second kappa shape index (κ2) is 4.22. The van der Waals surface area contributed by atoms with Crippen LogP contribution in [0, 0.1) is 0 Å². The summed E-state index contributed by atoms with van der Waals surface area (Å²) >= 11 is 0. The number of aryl methyl sites for hydroxylation is 1. The Bertz CT molecular complexity index is 429. The predicted octanol–water partition coefficient (Wildman–Crippen LogP) is -0.439. The molecule has 2 rings (SSSR count). The van der Waals surface area contributed by atoms with Crippen LogP contribution in [0.2, 0.25) is 0 Å². The minimum Gasteiger partial charge on any atom is -0.336 e. The van der Waals surface area contributed by atoms with E-state index in [0.717, 1.165) is 17.8 Å². The Hall–Kier alpha value is -1.69. The molecule has 0 aliphatic heterocycles. The molecular formula is C9H14N6. The molecular weight excluding hydrogens is 192 g/mol. The highest BCUT2D eigenvalue weighted by molar-refractivity contribution is 5.00. The zero-order valence-corrected chi connectivity index (χ0v) is 8.67. The largest absolute Gasteiger partial charge is 0.336 e. The van der Waals surface area contributed by atoms with Crippen molar-refractivity contribution in [2.45, 2.75) is 13.0 Å². The molecule has 0 atom stereocenters. The van der Waals surface area contributed by atoms with Gasteiger partial charge < -0.3 is 10.3 Å². The molecule has 2 aromatic heterocycles. The Morgan fingerprint density at radius 2 is 2.33 bits per heavy atom. The fourth-order valence-corrected chi connectivity index (χ4v) is 1.38. The van der Waals surface area contributed by atoms with Gasteiger partial charge in [-0.3, -0.25) is 0 Å². The summed E-state index contributed by atoms with van der Waals surface area (Å²) in [4.78, 5) is 4.04. The smallest absolute Gasteiger partial charge is 0.0946 e. The maximum atomic E-state index is 5.44. The molecule has 0 aliphatic carbocycles. The van der Waals surface area contributed by atoms with Gasteiger partial charge in [-0.05, 0) is 6.54 Å². The summed E-state index contributed by atoms with van der Waals surface area (Å²) in [6.45, 7) is 1.29. The zero-order valence-electron chi connectivity index (χ0n) is 8.67. The molecule has 0 aromatic carbocycles. The molecule has 0 fully saturated rings. The van der Waals surface area contributed by atoms with E-state index >= 15 is 0 Å². The summed E-state index contributed by atoms with van der Waals surface area (Å²) in [5, 5.41) is 8.04. The lowest BCUT2D eigenvalue weighted by atomic mass is 10.3. The lowest BCUT2D eigenvalue weighted by Gasteiger charge is -2.00. The summed E-state index contributed by atoms with van der Waals surface area (Å²) in [5.41, 5.74) is 7.47. The van der Waals surface area contributed by atoms with Gasteiger partial charge in [-0.25, -0.2) is 9.67 Å². The highest BCUT2D eigenvalue weighted by atomic mass is 15.4. The first-order chi connectivity index (χ1) is 7.29. The Kier molecular flexibility index (Phi) is 2.77. The van der Waals surface area contributed by atoms with Gasteiger partial charge in [-0.2, -0.15) is 0 Å². The van der Waals surface area contributed by atoms with Crippen molar-refractivity contribution >= 4 is 0 Å². The monoisotopic (exact) mass is 206 g/mol. The topological polar surface area (TPSA) is 74.5 Å². The van der Waals surface area contributed by atoms with Crippen LogP contribution >= 0.6 is 0 Å². The molecule has 0 saturated heterocycles. The van der Waals surface area contributed by atoms with Crippen molar-refractivity contribution in [1.29, 1.82) is 0 Å². The molecule has 0 saturated carbocycles. The van der Waals surface area contributed by atoms with Gasteiger partial charge in [0.15, 0.2) is 0 Å². The average Bonchev–Trinajstić information content (AvgIpc) is 2.79. The first-order valence-corrected chi connectivity index (χ1v) is 4.84. The molecule has 2 aromatic rings. The van der Waals surface area contributed by atoms with Crippen molar-refractivity contribution in [2.75, 3.05) is 6.54 Å². The van der Waals surface area contributed by atoms with E-state index in [1.807, 2.05) is 24.0 Å². The van der Waals surface area contributed by atoms with Crippen LogP contribution in [-0.4, -0.2) is 31.1 Å². The Morgan fingerprint density at radius 3 is 3.00 bits per heavy atom. The van der Waals surface area contributed by atoms with Crippen LogP contribution in [0.25, 0.3) is 0 Å². The molecule has 2 N–H and O–H groups in total. The third-order valence-corrected chi connectivity index (χ3v) is 2.23. The fourth-order valence-electron chi connectivity index (χ4n) is 1.38. The van der Waals surface area contributed by atoms with E-state index in [4.69, 9.17) is 5.73 Å². The molecule has 80 valence electrons. The highest BCUT2D eigenvalue weighted by Crippen LogP contribution is 2.00. The molecule has 0 aliphatic rings. The lowest BCUT2D eigenvalue weighted by Crippen LogP contribution is -2.05. The molecule has 0 unspecified atom stereocenters. The average molecular weight is 206 g/mol. The van der Waals surface area contributed by atoms with Crippen molar-refractivity contribution < 1.29 is 0 Å². The summed E-state index contributed by atoms with van der Waals surface area (Å²) < 4.78 is 3.76. The molecule has 0 amide bonds. The second-order valence-electron chi connectivity index (χ2n) is 3.44. The minimum atomic E-state index is 0.602. The van der Waals surface area contributed by atoms with Crippen molar-refractivity contribution in [1.82, 2.24) is 24.5 Å². The number of hydrogen-bond acceptors (Lipinski definition) is 4. The highest BCUT2D eigenvalue weighted by Gasteiger charge is 2.03. The third-order valence-electron chi connectivity index (χ3n) is 2.23. The van der Waals surface area contributed by atoms with E-state index in [1.54, 1.807) is 11.0 Å². The molecule has 0 spiro atoms. The van der Waals surface area contributed by atoms with E-state index in [2.05, 4.69) is 15.3 Å². The molecule has 15 heavy (non-hydrogen) atoms. The molecule has 6 nitrogen and oxygen atoms in total. The number of nitrogens with two attached hydrogens (primary N) is 1. The molecule has 6 heteroatoms. The van der Waals surface area contributed by atoms with Crippen LogP contribution in [0.5, 0.6) is 0 Å². The fraction of sp³-hybridized carbons (Fsp3) is 0.444. The van der Waals surface area contributed by atoms with Crippen LogP contribution in [0.4, 0.5) is 0 Å². The van der Waals surface area contributed by atoms with Crippen LogP contribution in [-0.2, 0) is 20.0 Å². The van der Waals surface area contributed by atoms with Crippen molar-refractivity contribution in [3.63, 3.8) is 0 Å². The number of nitrogens with zero attached hydrogens (tertiary/aromatic N) is 5. The van der Waals surface area contributed by atoms with Gasteiger partial charge in [0.1, 0.15) is 0 Å². The molecule has 0 radical (unpaired) electrons. The van der Waals surface area contributed by atoms with Crippen LogP contribution in [0.15, 0.2) is 18.7 Å². The number of imidazole rings is 1. The quantitative estimate of drug-likeness (QED) is 0.736. The van der Waals surface area contributed by atoms with Gasteiger partial charge in [-0.15, -0.1) is 5.10 Å². The van der Waals surface area contributed by atoms with E-state index < -0.39 is 0 Å². The summed E-state index contributed by atoms with van der Waals surface area (Å²) in [6.07, 6.45) is 6.28. The van der Waals surface area contributed by atoms with E-state index in [0.29, 0.717) is 13.1 Å². The minimum absolute atomic E-state index is 0.602. The predicted molar refractivity (Wildman–Crippen MR) is 55.1 cm³/mol. The van der Waals surface area contributed by atoms with Crippen LogP contribution in [0.1, 0.15) is 11.4 Å². The second-order valence-corrected chi connectivity index (χ2v) is 3.44. The van der Waals surface area contributed by atoms with Gasteiger partial charge in [-0.1, -0.05) is 5.21 Å². The number of aromatic nitrogens is 5. The maximum absolute atomic E-state index is 5.44. The zero-order chi connectivity index (χ0) is 10.7. The normalized spacial score (nSPS) is 10.8. The summed E-state index contributed by atoms with van der Waals surface area (Å²) in [6, 6.07) is 0. The SMILES string of the molecule is Cn1cncc1Cn1cc(CCN)nn1. The molecule has 2 heterocycles. The first kappa shape index (κ1) is 9.85. The van der Waals surface area contributed by atoms with Crippen LogP contribution in [0.3, 0.4) is 0 Å². The standard InChI is InChI=1S/C9H14N6/c1-14-7-11-4-9(14)6-15-5-8(2-3-10)12-13-15/h4-5,7H,2-3,6,10H2,1H3. The summed E-state index contributed by atoms with van der Waals surface area (Å²) in [5.74, 6) is 0. The Morgan fingerprint density at radius 1 is 1.47 bits per heavy atom. The summed E-state index contributed by atoms with van der Waals surface area (Å²) in [7, 11) is 1.96. The van der Waals surface area contributed by atoms with Crippen molar-refractivity contribution in [2.24, 2.45) is 12.8 Å². The van der Waals surface area contributed by atoms with Gasteiger partial charge in [0, 0.05) is 19.7 Å². The number of rotatable bonds is 4. The molecule has 0 bridgehead atoms. The van der Waals surface area contributed by atoms with Crippen LogP contribution < -0.4 is 5.73 Å². The van der Waals surface area contributed by atoms with Gasteiger partial charge in [0.05, 0.1) is 30.5 Å². The third kappa shape index (κ3) is 2.21. The van der Waals surface area contributed by atoms with E-state index in [9.17, 15) is 0 Å².